The lowest BCUT2D eigenvalue weighted by Gasteiger charge is -2.14. The summed E-state index contributed by atoms with van der Waals surface area (Å²) in [4.78, 5) is 0. The molecule has 0 radical (unpaired) electrons. The van der Waals surface area contributed by atoms with E-state index in [1.54, 1.807) is 6.21 Å². The Hall–Kier alpha value is -2.22. The quantitative estimate of drug-likeness (QED) is 0.408. The van der Waals surface area contributed by atoms with Crippen LogP contribution in [0.25, 0.3) is 6.08 Å². The smallest absolute Gasteiger partial charge is 0.247 e. The summed E-state index contributed by atoms with van der Waals surface area (Å²) in [6, 6.07) is 28.7. The molecule has 0 saturated heterocycles. The van der Waals surface area contributed by atoms with Crippen LogP contribution < -0.4 is 10.6 Å². The van der Waals surface area contributed by atoms with E-state index >= 15 is 0 Å². The second kappa shape index (κ2) is 8.24. The molecule has 0 heterocycles. The van der Waals surface area contributed by atoms with Gasteiger partial charge in [0.05, 0.1) is 0 Å². The van der Waals surface area contributed by atoms with E-state index in [4.69, 9.17) is 0 Å². The van der Waals surface area contributed by atoms with Gasteiger partial charge in [0.25, 0.3) is 0 Å². The Balaban J connectivity index is 1.99. The molecule has 3 rings (SSSR count). The van der Waals surface area contributed by atoms with E-state index < -0.39 is 7.29 Å². The monoisotopic (exact) mass is 409 g/mol. The van der Waals surface area contributed by atoms with Gasteiger partial charge in [0, 0.05) is 21.3 Å². The van der Waals surface area contributed by atoms with Gasteiger partial charge in [-0.15, -0.1) is 0 Å². The van der Waals surface area contributed by atoms with Crippen molar-refractivity contribution in [3.63, 3.8) is 0 Å². The summed E-state index contributed by atoms with van der Waals surface area (Å²) >= 11 is 3.50. The normalized spacial score (nSPS) is 12.4. The fraction of sp³-hybridized carbons (Fsp3) is 0. The fourth-order valence-corrected chi connectivity index (χ4v) is 4.95. The fourth-order valence-electron chi connectivity index (χ4n) is 2.42. The lowest BCUT2D eigenvalue weighted by molar-refractivity contribution is 0.588. The van der Waals surface area contributed by atoms with Crippen molar-refractivity contribution in [1.82, 2.24) is 0 Å². The first-order chi connectivity index (χ1) is 12.2. The molecule has 0 aromatic heterocycles. The summed E-state index contributed by atoms with van der Waals surface area (Å²) in [5, 5.41) is 1.44. The van der Waals surface area contributed by atoms with Crippen LogP contribution in [0.3, 0.4) is 0 Å². The average Bonchev–Trinajstić information content (AvgIpc) is 2.68. The maximum atomic E-state index is 13.7. The van der Waals surface area contributed by atoms with Gasteiger partial charge in [0.2, 0.25) is 7.29 Å². The van der Waals surface area contributed by atoms with Crippen molar-refractivity contribution in [2.24, 2.45) is 4.76 Å². The van der Waals surface area contributed by atoms with Gasteiger partial charge < -0.3 is 0 Å². The van der Waals surface area contributed by atoms with E-state index in [1.165, 1.54) is 0 Å². The Bertz CT molecular complexity index is 878. The Labute approximate surface area is 156 Å². The maximum Gasteiger partial charge on any atom is 0.247 e. The van der Waals surface area contributed by atoms with Crippen LogP contribution in [-0.2, 0) is 4.57 Å². The predicted octanol–water partition coefficient (Wildman–Crippen LogP) is 5.42. The molecule has 0 amide bonds. The number of nitrogens with zero attached hydrogens (tertiary/aromatic N) is 1. The van der Waals surface area contributed by atoms with Crippen LogP contribution in [0, 0.1) is 0 Å². The van der Waals surface area contributed by atoms with E-state index in [1.807, 2.05) is 97.1 Å². The molecule has 4 heteroatoms. The van der Waals surface area contributed by atoms with E-state index in [0.29, 0.717) is 0 Å². The standard InChI is InChI=1S/C21H17BrNOP/c22-19(16-18-10-4-1-5-11-18)17-23-25(24,20-12-6-2-7-13-20)21-14-8-3-9-15-21/h1-17H/b19-16-,23-17?. The second-order valence-electron chi connectivity index (χ2n) is 5.43. The van der Waals surface area contributed by atoms with Gasteiger partial charge >= 0.3 is 0 Å². The highest BCUT2D eigenvalue weighted by atomic mass is 79.9. The van der Waals surface area contributed by atoms with E-state index in [2.05, 4.69) is 20.7 Å². The SMILES string of the molecule is O=P(N=C/C(Br)=C/c1ccccc1)(c1ccccc1)c1ccccc1. The zero-order valence-corrected chi connectivity index (χ0v) is 16.0. The van der Waals surface area contributed by atoms with E-state index in [-0.39, 0.29) is 0 Å². The van der Waals surface area contributed by atoms with Crippen LogP contribution in [0.2, 0.25) is 0 Å². The number of benzene rings is 3. The molecular weight excluding hydrogens is 393 g/mol. The Morgan fingerprint density at radius 1 is 0.760 bits per heavy atom. The minimum absolute atomic E-state index is 0.720. The molecule has 0 saturated carbocycles. The average molecular weight is 410 g/mol. The summed E-state index contributed by atoms with van der Waals surface area (Å²) in [6.45, 7) is 0. The van der Waals surface area contributed by atoms with Crippen molar-refractivity contribution in [2.45, 2.75) is 0 Å². The molecule has 25 heavy (non-hydrogen) atoms. The minimum atomic E-state index is -3.08. The molecule has 0 fully saturated rings. The molecule has 0 aliphatic rings. The van der Waals surface area contributed by atoms with Gasteiger partial charge in [-0.3, -0.25) is 4.57 Å². The number of hydrogen-bond donors (Lipinski definition) is 0. The third-order valence-corrected chi connectivity index (χ3v) is 6.53. The summed E-state index contributed by atoms with van der Waals surface area (Å²) in [5.41, 5.74) is 1.05. The van der Waals surface area contributed by atoms with Crippen molar-refractivity contribution in [2.75, 3.05) is 0 Å². The first-order valence-electron chi connectivity index (χ1n) is 7.88. The van der Waals surface area contributed by atoms with Crippen LogP contribution in [0.15, 0.2) is 100 Å². The molecule has 0 aliphatic carbocycles. The predicted molar refractivity (Wildman–Crippen MR) is 112 cm³/mol. The van der Waals surface area contributed by atoms with Crippen LogP contribution in [0.1, 0.15) is 5.56 Å². The number of rotatable bonds is 5. The summed E-state index contributed by atoms with van der Waals surface area (Å²) < 4.78 is 19.0. The topological polar surface area (TPSA) is 29.4 Å². The zero-order chi connectivity index (χ0) is 17.5. The molecule has 0 aliphatic heterocycles. The minimum Gasteiger partial charge on any atom is -0.288 e. The number of hydrogen-bond acceptors (Lipinski definition) is 1. The summed E-state index contributed by atoms with van der Waals surface area (Å²) in [7, 11) is -3.08. The summed E-state index contributed by atoms with van der Waals surface area (Å²) in [6.07, 6.45) is 3.58. The van der Waals surface area contributed by atoms with Gasteiger partial charge in [-0.2, -0.15) is 0 Å². The Morgan fingerprint density at radius 3 is 1.68 bits per heavy atom. The zero-order valence-electron chi connectivity index (χ0n) is 13.5. The highest BCUT2D eigenvalue weighted by Gasteiger charge is 2.25. The van der Waals surface area contributed by atoms with Gasteiger partial charge in [0.15, 0.2) is 0 Å². The highest BCUT2D eigenvalue weighted by Crippen LogP contribution is 2.44. The molecule has 3 aromatic carbocycles. The molecule has 3 aromatic rings. The van der Waals surface area contributed by atoms with Crippen molar-refractivity contribution in [3.8, 4) is 0 Å². The van der Waals surface area contributed by atoms with Gasteiger partial charge in [-0.05, 0) is 51.8 Å². The highest BCUT2D eigenvalue weighted by molar-refractivity contribution is 9.12. The molecule has 0 spiro atoms. The third kappa shape index (κ3) is 4.45. The van der Waals surface area contributed by atoms with Crippen LogP contribution in [0.5, 0.6) is 0 Å². The van der Waals surface area contributed by atoms with Crippen molar-refractivity contribution in [3.05, 3.63) is 101 Å². The molecule has 0 unspecified atom stereocenters. The molecule has 0 atom stereocenters. The molecule has 0 N–H and O–H groups in total. The molecular formula is C21H17BrNOP. The molecule has 2 nitrogen and oxygen atoms in total. The van der Waals surface area contributed by atoms with Crippen molar-refractivity contribution in [1.29, 1.82) is 0 Å². The van der Waals surface area contributed by atoms with Gasteiger partial charge in [-0.25, -0.2) is 4.76 Å². The van der Waals surface area contributed by atoms with Crippen LogP contribution in [-0.4, -0.2) is 6.21 Å². The first kappa shape index (κ1) is 17.6. The van der Waals surface area contributed by atoms with Gasteiger partial charge in [0.1, 0.15) is 0 Å². The van der Waals surface area contributed by atoms with E-state index in [0.717, 1.165) is 20.7 Å². The van der Waals surface area contributed by atoms with Crippen LogP contribution in [0.4, 0.5) is 0 Å². The Morgan fingerprint density at radius 2 is 1.20 bits per heavy atom. The van der Waals surface area contributed by atoms with Crippen molar-refractivity contribution >= 4 is 46.1 Å². The summed E-state index contributed by atoms with van der Waals surface area (Å²) in [5.74, 6) is 0. The third-order valence-electron chi connectivity index (χ3n) is 3.66. The molecule has 0 bridgehead atoms. The Kier molecular flexibility index (Phi) is 5.80. The van der Waals surface area contributed by atoms with Gasteiger partial charge in [-0.1, -0.05) is 66.7 Å². The van der Waals surface area contributed by atoms with Crippen molar-refractivity contribution < 1.29 is 4.57 Å². The van der Waals surface area contributed by atoms with Crippen LogP contribution >= 0.6 is 23.2 Å². The maximum absolute atomic E-state index is 13.7. The van der Waals surface area contributed by atoms with E-state index in [9.17, 15) is 4.57 Å². The lowest BCUT2D eigenvalue weighted by Crippen LogP contribution is -2.14. The number of allylic oxidation sites excluding steroid dienone is 1. The second-order valence-corrected chi connectivity index (χ2v) is 8.76. The number of halogens is 1. The molecule has 124 valence electrons. The largest absolute Gasteiger partial charge is 0.288 e. The first-order valence-corrected chi connectivity index (χ1v) is 10.3. The lowest BCUT2D eigenvalue weighted by atomic mass is 10.2.